The van der Waals surface area contributed by atoms with Gasteiger partial charge in [0, 0.05) is 11.0 Å². The largest absolute Gasteiger partial charge is 0.495 e. The van der Waals surface area contributed by atoms with E-state index in [-0.39, 0.29) is 0 Å². The maximum absolute atomic E-state index is 8.94. The highest BCUT2D eigenvalue weighted by Gasteiger charge is 2.05. The summed E-state index contributed by atoms with van der Waals surface area (Å²) in [5.74, 6) is 0.578. The Morgan fingerprint density at radius 1 is 1.30 bits per heavy atom. The zero-order valence-electron chi connectivity index (χ0n) is 10.8. The first kappa shape index (κ1) is 14.7. The summed E-state index contributed by atoms with van der Waals surface area (Å²) in [6.45, 7) is 0.601. The van der Waals surface area contributed by atoms with Crippen LogP contribution in [0.4, 0.5) is 5.69 Å². The van der Waals surface area contributed by atoms with Crippen molar-refractivity contribution in [1.82, 2.24) is 0 Å². The minimum atomic E-state index is 0.526. The van der Waals surface area contributed by atoms with E-state index in [0.717, 1.165) is 15.7 Å². The van der Waals surface area contributed by atoms with Crippen LogP contribution in [0.1, 0.15) is 11.1 Å². The molecule has 5 heteroatoms. The van der Waals surface area contributed by atoms with Crippen LogP contribution in [0.25, 0.3) is 0 Å². The molecule has 0 saturated carbocycles. The Kier molecular flexibility index (Phi) is 4.89. The molecule has 1 N–H and O–H groups in total. The number of anilines is 1. The average Bonchev–Trinajstić information content (AvgIpc) is 2.46. The molecule has 0 aliphatic rings. The number of hydrogen-bond donors (Lipinski definition) is 1. The van der Waals surface area contributed by atoms with Crippen molar-refractivity contribution in [3.05, 3.63) is 57.0 Å². The quantitative estimate of drug-likeness (QED) is 0.876. The van der Waals surface area contributed by atoms with Gasteiger partial charge in [0.2, 0.25) is 0 Å². The highest BCUT2D eigenvalue weighted by molar-refractivity contribution is 9.10. The number of ether oxygens (including phenoxy) is 1. The van der Waals surface area contributed by atoms with E-state index in [9.17, 15) is 0 Å². The molecule has 0 atom stereocenters. The second-order valence-corrected chi connectivity index (χ2v) is 5.45. The lowest BCUT2D eigenvalue weighted by Crippen LogP contribution is -2.01. The molecular formula is C15H12BrClN2O. The number of nitrogens with one attached hydrogen (secondary N) is 1. The Morgan fingerprint density at radius 2 is 2.10 bits per heavy atom. The number of nitrogens with zero attached hydrogens (tertiary/aromatic N) is 1. The molecule has 2 rings (SSSR count). The second-order valence-electron chi connectivity index (χ2n) is 4.12. The summed E-state index contributed by atoms with van der Waals surface area (Å²) in [6, 6.07) is 13.2. The van der Waals surface area contributed by atoms with Crippen molar-refractivity contribution >= 4 is 33.2 Å². The fourth-order valence-electron chi connectivity index (χ4n) is 1.77. The van der Waals surface area contributed by atoms with Crippen molar-refractivity contribution < 1.29 is 4.74 Å². The van der Waals surface area contributed by atoms with Crippen molar-refractivity contribution in [2.24, 2.45) is 0 Å². The molecule has 0 fully saturated rings. The van der Waals surface area contributed by atoms with E-state index < -0.39 is 0 Å². The summed E-state index contributed by atoms with van der Waals surface area (Å²) in [4.78, 5) is 0. The molecule has 0 heterocycles. The highest BCUT2D eigenvalue weighted by Crippen LogP contribution is 2.26. The van der Waals surface area contributed by atoms with E-state index in [1.807, 2.05) is 30.3 Å². The Labute approximate surface area is 131 Å². The van der Waals surface area contributed by atoms with Crippen LogP contribution in [0.3, 0.4) is 0 Å². The van der Waals surface area contributed by atoms with Crippen LogP contribution in [-0.2, 0) is 6.54 Å². The molecule has 0 aliphatic carbocycles. The molecular weight excluding hydrogens is 340 g/mol. The van der Waals surface area contributed by atoms with E-state index in [1.165, 1.54) is 0 Å². The Morgan fingerprint density at radius 3 is 2.75 bits per heavy atom. The van der Waals surface area contributed by atoms with Crippen LogP contribution in [0, 0.1) is 11.3 Å². The number of methoxy groups -OCH3 is 1. The maximum Gasteiger partial charge on any atom is 0.136 e. The molecule has 20 heavy (non-hydrogen) atoms. The van der Waals surface area contributed by atoms with Crippen LogP contribution in [0.5, 0.6) is 5.75 Å². The van der Waals surface area contributed by atoms with E-state index in [1.54, 1.807) is 13.2 Å². The van der Waals surface area contributed by atoms with Gasteiger partial charge in [-0.05, 0) is 35.9 Å². The summed E-state index contributed by atoms with van der Waals surface area (Å²) in [5.41, 5.74) is 2.40. The lowest BCUT2D eigenvalue weighted by Gasteiger charge is -2.10. The Hall–Kier alpha value is -1.70. The molecule has 0 saturated heterocycles. The zero-order chi connectivity index (χ0) is 14.5. The fraction of sp³-hybridized carbons (Fsp3) is 0.133. The van der Waals surface area contributed by atoms with Crippen molar-refractivity contribution in [3.63, 3.8) is 0 Å². The van der Waals surface area contributed by atoms with Gasteiger partial charge in [0.25, 0.3) is 0 Å². The first-order chi connectivity index (χ1) is 9.63. The maximum atomic E-state index is 8.94. The minimum absolute atomic E-state index is 0.526. The number of hydrogen-bond acceptors (Lipinski definition) is 3. The fourth-order valence-corrected chi connectivity index (χ4v) is 2.51. The monoisotopic (exact) mass is 350 g/mol. The summed E-state index contributed by atoms with van der Waals surface area (Å²) in [7, 11) is 1.55. The van der Waals surface area contributed by atoms with E-state index >= 15 is 0 Å². The van der Waals surface area contributed by atoms with Gasteiger partial charge in [-0.3, -0.25) is 0 Å². The standard InChI is InChI=1S/C15H12BrClN2O/c1-20-15-6-10(2-3-11(15)8-18)9-19-14-5-4-12(16)7-13(14)17/h2-7,19H,9H2,1H3. The molecule has 0 spiro atoms. The smallest absolute Gasteiger partial charge is 0.136 e. The topological polar surface area (TPSA) is 45.0 Å². The normalized spacial score (nSPS) is 9.90. The first-order valence-electron chi connectivity index (χ1n) is 5.90. The Balaban J connectivity index is 2.13. The van der Waals surface area contributed by atoms with E-state index in [4.69, 9.17) is 21.6 Å². The first-order valence-corrected chi connectivity index (χ1v) is 7.07. The average molecular weight is 352 g/mol. The van der Waals surface area contributed by atoms with Crippen molar-refractivity contribution in [2.75, 3.05) is 12.4 Å². The van der Waals surface area contributed by atoms with Gasteiger partial charge in [-0.25, -0.2) is 0 Å². The van der Waals surface area contributed by atoms with Crippen LogP contribution < -0.4 is 10.1 Å². The van der Waals surface area contributed by atoms with E-state index in [2.05, 4.69) is 27.3 Å². The van der Waals surface area contributed by atoms with Crippen molar-refractivity contribution in [2.45, 2.75) is 6.54 Å². The predicted octanol–water partition coefficient (Wildman–Crippen LogP) is 4.59. The SMILES string of the molecule is COc1cc(CNc2ccc(Br)cc2Cl)ccc1C#N. The summed E-state index contributed by atoms with van der Waals surface area (Å²) >= 11 is 9.51. The molecule has 102 valence electrons. The highest BCUT2D eigenvalue weighted by atomic mass is 79.9. The lowest BCUT2D eigenvalue weighted by atomic mass is 10.1. The molecule has 0 amide bonds. The molecule has 0 aromatic heterocycles. The zero-order valence-corrected chi connectivity index (χ0v) is 13.1. The van der Waals surface area contributed by atoms with Gasteiger partial charge in [-0.1, -0.05) is 33.6 Å². The van der Waals surface area contributed by atoms with Gasteiger partial charge >= 0.3 is 0 Å². The Bertz CT molecular complexity index is 667. The van der Waals surface area contributed by atoms with Crippen molar-refractivity contribution in [3.8, 4) is 11.8 Å². The molecule has 0 aliphatic heterocycles. The summed E-state index contributed by atoms with van der Waals surface area (Å²) in [5, 5.41) is 12.8. The number of rotatable bonds is 4. The van der Waals surface area contributed by atoms with Gasteiger partial charge in [0.15, 0.2) is 0 Å². The summed E-state index contributed by atoms with van der Waals surface area (Å²) < 4.78 is 6.12. The third kappa shape index (κ3) is 3.44. The van der Waals surface area contributed by atoms with Gasteiger partial charge in [-0.15, -0.1) is 0 Å². The van der Waals surface area contributed by atoms with Gasteiger partial charge < -0.3 is 10.1 Å². The van der Waals surface area contributed by atoms with Gasteiger partial charge in [-0.2, -0.15) is 5.26 Å². The molecule has 0 bridgehead atoms. The van der Waals surface area contributed by atoms with E-state index in [0.29, 0.717) is 22.9 Å². The molecule has 3 nitrogen and oxygen atoms in total. The summed E-state index contributed by atoms with van der Waals surface area (Å²) in [6.07, 6.45) is 0. The predicted molar refractivity (Wildman–Crippen MR) is 84.2 cm³/mol. The molecule has 0 unspecified atom stereocenters. The number of benzene rings is 2. The van der Waals surface area contributed by atoms with Crippen LogP contribution in [0.15, 0.2) is 40.9 Å². The van der Waals surface area contributed by atoms with Crippen LogP contribution in [0.2, 0.25) is 5.02 Å². The van der Waals surface area contributed by atoms with Gasteiger partial charge in [0.1, 0.15) is 11.8 Å². The molecule has 2 aromatic rings. The third-order valence-electron chi connectivity index (χ3n) is 2.80. The minimum Gasteiger partial charge on any atom is -0.495 e. The third-order valence-corrected chi connectivity index (χ3v) is 3.61. The molecule has 2 aromatic carbocycles. The molecule has 0 radical (unpaired) electrons. The second kappa shape index (κ2) is 6.65. The van der Waals surface area contributed by atoms with Crippen LogP contribution in [-0.4, -0.2) is 7.11 Å². The van der Waals surface area contributed by atoms with Crippen LogP contribution >= 0.6 is 27.5 Å². The lowest BCUT2D eigenvalue weighted by molar-refractivity contribution is 0.413. The van der Waals surface area contributed by atoms with Crippen molar-refractivity contribution in [1.29, 1.82) is 5.26 Å². The number of nitriles is 1. The van der Waals surface area contributed by atoms with Gasteiger partial charge in [0.05, 0.1) is 23.4 Å². The number of halogens is 2.